The highest BCUT2D eigenvalue weighted by Gasteiger charge is 2.24. The zero-order chi connectivity index (χ0) is 15.7. The topological polar surface area (TPSA) is 40.5 Å². The number of allylic oxidation sites excluding steroid dienone is 1. The van der Waals surface area contributed by atoms with Gasteiger partial charge in [-0.25, -0.2) is 4.79 Å². The summed E-state index contributed by atoms with van der Waals surface area (Å²) in [5.41, 5.74) is 3.17. The molecule has 1 aromatic rings. The van der Waals surface area contributed by atoms with Crippen LogP contribution in [0.3, 0.4) is 0 Å². The number of rotatable bonds is 3. The number of nitrogens with zero attached hydrogens (tertiary/aromatic N) is 1. The fraction of sp³-hybridized carbons (Fsp3) is 0.471. The minimum Gasteiger partial charge on any atom is -0.476 e. The van der Waals surface area contributed by atoms with E-state index in [-0.39, 0.29) is 5.57 Å². The van der Waals surface area contributed by atoms with E-state index in [0.29, 0.717) is 17.5 Å². The highest BCUT2D eigenvalue weighted by molar-refractivity contribution is 5.93. The number of anilines is 1. The van der Waals surface area contributed by atoms with Gasteiger partial charge in [0.15, 0.2) is 0 Å². The van der Waals surface area contributed by atoms with Crippen LogP contribution in [0.25, 0.3) is 5.57 Å². The van der Waals surface area contributed by atoms with Crippen molar-refractivity contribution in [3.05, 3.63) is 35.2 Å². The molecule has 0 saturated carbocycles. The molecule has 3 nitrogen and oxygen atoms in total. The molecule has 0 saturated heterocycles. The summed E-state index contributed by atoms with van der Waals surface area (Å²) in [6.45, 7) is 9.00. The maximum atomic E-state index is 13.6. The van der Waals surface area contributed by atoms with Crippen LogP contribution < -0.4 is 4.90 Å². The van der Waals surface area contributed by atoms with E-state index in [9.17, 15) is 9.18 Å². The van der Waals surface area contributed by atoms with Crippen LogP contribution in [-0.2, 0) is 4.79 Å². The fourth-order valence-electron chi connectivity index (χ4n) is 2.88. The number of hydrogen-bond donors (Lipinski definition) is 1. The molecule has 1 aromatic carbocycles. The highest BCUT2D eigenvalue weighted by atomic mass is 19.1. The van der Waals surface area contributed by atoms with Crippen molar-refractivity contribution < 1.29 is 14.3 Å². The molecule has 0 spiro atoms. The van der Waals surface area contributed by atoms with Gasteiger partial charge in [-0.2, -0.15) is 4.39 Å². The number of benzene rings is 1. The van der Waals surface area contributed by atoms with Crippen LogP contribution in [0.1, 0.15) is 51.2 Å². The third-order valence-electron chi connectivity index (χ3n) is 4.24. The smallest absolute Gasteiger partial charge is 0.365 e. The van der Waals surface area contributed by atoms with Gasteiger partial charge in [0.25, 0.3) is 0 Å². The van der Waals surface area contributed by atoms with Gasteiger partial charge in [-0.1, -0.05) is 13.0 Å². The quantitative estimate of drug-likeness (QED) is 0.849. The van der Waals surface area contributed by atoms with Crippen molar-refractivity contribution in [1.29, 1.82) is 0 Å². The maximum absolute atomic E-state index is 13.6. The van der Waals surface area contributed by atoms with E-state index in [1.165, 1.54) is 18.2 Å². The first kappa shape index (κ1) is 15.5. The van der Waals surface area contributed by atoms with Gasteiger partial charge < -0.3 is 10.0 Å². The summed E-state index contributed by atoms with van der Waals surface area (Å²) in [5.74, 6) is -2.20. The van der Waals surface area contributed by atoms with Crippen LogP contribution >= 0.6 is 0 Å². The summed E-state index contributed by atoms with van der Waals surface area (Å²) < 4.78 is 13.6. The molecule has 0 bridgehead atoms. The third-order valence-corrected chi connectivity index (χ3v) is 4.24. The Balaban J connectivity index is 2.50. The Bertz CT molecular complexity index is 592. The average Bonchev–Trinajstić information content (AvgIpc) is 2.45. The van der Waals surface area contributed by atoms with Gasteiger partial charge in [0.2, 0.25) is 5.83 Å². The summed E-state index contributed by atoms with van der Waals surface area (Å²) in [6, 6.07) is 6.14. The van der Waals surface area contributed by atoms with E-state index in [1.54, 1.807) is 0 Å². The molecule has 4 heteroatoms. The normalized spacial score (nSPS) is 19.3. The first-order chi connectivity index (χ1) is 9.82. The Labute approximate surface area is 125 Å². The van der Waals surface area contributed by atoms with Gasteiger partial charge in [-0.15, -0.1) is 0 Å². The molecule has 0 amide bonds. The molecular formula is C17H22FNO2. The number of carboxylic acids is 1. The van der Waals surface area contributed by atoms with Crippen LogP contribution in [0.2, 0.25) is 0 Å². The van der Waals surface area contributed by atoms with Crippen molar-refractivity contribution in [2.75, 3.05) is 11.4 Å². The van der Waals surface area contributed by atoms with Crippen molar-refractivity contribution in [2.24, 2.45) is 0 Å². The lowest BCUT2D eigenvalue weighted by Gasteiger charge is -2.37. The summed E-state index contributed by atoms with van der Waals surface area (Å²) in [6.07, 6.45) is 1.05. The Kier molecular flexibility index (Phi) is 4.35. The van der Waals surface area contributed by atoms with E-state index in [0.717, 1.165) is 13.0 Å². The van der Waals surface area contributed by atoms with Crippen LogP contribution in [-0.4, -0.2) is 23.7 Å². The lowest BCUT2D eigenvalue weighted by Crippen LogP contribution is -2.36. The van der Waals surface area contributed by atoms with E-state index in [1.807, 2.05) is 18.2 Å². The Morgan fingerprint density at radius 1 is 1.43 bits per heavy atom. The van der Waals surface area contributed by atoms with E-state index in [4.69, 9.17) is 5.11 Å². The molecule has 0 aromatic heterocycles. The summed E-state index contributed by atoms with van der Waals surface area (Å²) in [7, 11) is 0. The SMILES string of the molecule is CC(=C(F)C(=O)O)c1ccc2c(c1)C(C)CCN2C(C)C. The predicted octanol–water partition coefficient (Wildman–Crippen LogP) is 4.19. The van der Waals surface area contributed by atoms with E-state index < -0.39 is 11.8 Å². The zero-order valence-corrected chi connectivity index (χ0v) is 13.0. The molecule has 1 heterocycles. The molecule has 1 unspecified atom stereocenters. The number of hydrogen-bond acceptors (Lipinski definition) is 2. The first-order valence-electron chi connectivity index (χ1n) is 7.33. The van der Waals surface area contributed by atoms with Gasteiger partial charge >= 0.3 is 5.97 Å². The molecular weight excluding hydrogens is 269 g/mol. The molecule has 114 valence electrons. The van der Waals surface area contributed by atoms with Crippen molar-refractivity contribution in [1.82, 2.24) is 0 Å². The predicted molar refractivity (Wildman–Crippen MR) is 83.3 cm³/mol. The number of fused-ring (bicyclic) bond motifs is 1. The summed E-state index contributed by atoms with van der Waals surface area (Å²) in [5, 5.41) is 8.78. The minimum absolute atomic E-state index is 0.180. The van der Waals surface area contributed by atoms with E-state index in [2.05, 4.69) is 25.7 Å². The number of halogens is 1. The van der Waals surface area contributed by atoms with Gasteiger partial charge in [0.05, 0.1) is 0 Å². The first-order valence-corrected chi connectivity index (χ1v) is 7.33. The number of carbonyl (C=O) groups is 1. The summed E-state index contributed by atoms with van der Waals surface area (Å²) >= 11 is 0. The monoisotopic (exact) mass is 291 g/mol. The molecule has 1 aliphatic rings. The molecule has 1 aliphatic heterocycles. The fourth-order valence-corrected chi connectivity index (χ4v) is 2.88. The number of aliphatic carboxylic acids is 1. The highest BCUT2D eigenvalue weighted by Crippen LogP contribution is 2.38. The molecule has 21 heavy (non-hydrogen) atoms. The second-order valence-corrected chi connectivity index (χ2v) is 5.99. The van der Waals surface area contributed by atoms with Gasteiger partial charge in [-0.05, 0) is 61.9 Å². The second-order valence-electron chi connectivity index (χ2n) is 5.99. The average molecular weight is 291 g/mol. The minimum atomic E-state index is -1.51. The Morgan fingerprint density at radius 3 is 2.67 bits per heavy atom. The van der Waals surface area contributed by atoms with Crippen molar-refractivity contribution >= 4 is 17.2 Å². The molecule has 1 N–H and O–H groups in total. The van der Waals surface area contributed by atoms with Crippen molar-refractivity contribution in [2.45, 2.75) is 46.1 Å². The van der Waals surface area contributed by atoms with Crippen LogP contribution in [0.4, 0.5) is 10.1 Å². The maximum Gasteiger partial charge on any atom is 0.365 e. The van der Waals surface area contributed by atoms with Crippen molar-refractivity contribution in [3.63, 3.8) is 0 Å². The third kappa shape index (κ3) is 2.94. The molecule has 0 fully saturated rings. The molecule has 0 aliphatic carbocycles. The molecule has 1 atom stereocenters. The van der Waals surface area contributed by atoms with E-state index >= 15 is 0 Å². The number of carboxylic acid groups (broad SMARTS) is 1. The Morgan fingerprint density at radius 2 is 2.10 bits per heavy atom. The van der Waals surface area contributed by atoms with Gasteiger partial charge in [0.1, 0.15) is 0 Å². The van der Waals surface area contributed by atoms with Crippen LogP contribution in [0.5, 0.6) is 0 Å². The molecule has 2 rings (SSSR count). The summed E-state index contributed by atoms with van der Waals surface area (Å²) in [4.78, 5) is 13.1. The zero-order valence-electron chi connectivity index (χ0n) is 13.0. The lowest BCUT2D eigenvalue weighted by molar-refractivity contribution is -0.134. The Hall–Kier alpha value is -1.84. The largest absolute Gasteiger partial charge is 0.476 e. The van der Waals surface area contributed by atoms with Crippen LogP contribution in [0.15, 0.2) is 24.0 Å². The van der Waals surface area contributed by atoms with Crippen molar-refractivity contribution in [3.8, 4) is 0 Å². The second kappa shape index (κ2) is 5.88. The lowest BCUT2D eigenvalue weighted by atomic mass is 9.88. The van der Waals surface area contributed by atoms with Gasteiger partial charge in [-0.3, -0.25) is 0 Å². The standard InChI is InChI=1S/C17H22FNO2/c1-10(2)19-8-7-11(3)14-9-13(5-6-15(14)19)12(4)16(18)17(20)21/h5-6,9-11H,7-8H2,1-4H3,(H,20,21). The van der Waals surface area contributed by atoms with Gasteiger partial charge in [0, 0.05) is 18.3 Å². The van der Waals surface area contributed by atoms with Crippen LogP contribution in [0, 0.1) is 0 Å². The molecule has 0 radical (unpaired) electrons.